The third kappa shape index (κ3) is 40.8. The van der Waals surface area contributed by atoms with Crippen LogP contribution in [-0.4, -0.2) is 37.2 Å². The minimum Gasteiger partial charge on any atom is -0.462 e. The maximum atomic E-state index is 12.6. The molecule has 0 aliphatic heterocycles. The van der Waals surface area contributed by atoms with Gasteiger partial charge in [-0.05, 0) is 51.4 Å². The zero-order valence-corrected chi connectivity index (χ0v) is 34.6. The summed E-state index contributed by atoms with van der Waals surface area (Å²) in [7, 11) is 0. The van der Waals surface area contributed by atoms with Crippen LogP contribution in [0.4, 0.5) is 0 Å². The Bertz CT molecular complexity index is 1240. The van der Waals surface area contributed by atoms with Gasteiger partial charge in [0.15, 0.2) is 6.10 Å². The van der Waals surface area contributed by atoms with Crippen LogP contribution in [0.5, 0.6) is 0 Å². The second-order valence-corrected chi connectivity index (χ2v) is 13.4. The predicted molar refractivity (Wildman–Crippen MR) is 233 cm³/mol. The molecule has 0 rings (SSSR count). The molecule has 0 fully saturated rings. The molecule has 0 heterocycles. The van der Waals surface area contributed by atoms with Crippen LogP contribution in [0.3, 0.4) is 0 Å². The Hall–Kier alpha value is -4.19. The zero-order chi connectivity index (χ0) is 40.1. The number of hydrogen-bond acceptors (Lipinski definition) is 6. The lowest BCUT2D eigenvalue weighted by molar-refractivity contribution is -0.167. The molecule has 0 aromatic rings. The molecule has 0 N–H and O–H groups in total. The van der Waals surface area contributed by atoms with Crippen LogP contribution in [0, 0.1) is 0 Å². The number of carbonyl (C=O) groups is 3. The first kappa shape index (κ1) is 50.8. The van der Waals surface area contributed by atoms with Gasteiger partial charge in [-0.25, -0.2) is 0 Å². The molecule has 0 bridgehead atoms. The highest BCUT2D eigenvalue weighted by Gasteiger charge is 2.19. The molecule has 0 radical (unpaired) electrons. The molecule has 1 unspecified atom stereocenters. The van der Waals surface area contributed by atoms with Crippen LogP contribution in [0.15, 0.2) is 122 Å². The standard InChI is InChI=1S/C49H74O6/c1-4-7-10-13-16-19-21-23-24-26-27-30-33-36-39-42-48(51)54-45-46(44-53-47(50)41-38-35-32-29-18-15-12-9-6-3)55-49(52)43-40-37-34-31-28-25-22-20-17-14-11-8-5-2/h7-8,10-11,13-14,16-17,19-28,31,34,46H,4-6,9,12,15,18,29-30,32-33,35-45H2,1-3H3/b10-7-,11-8-,16-13-,17-14-,21-19-,22-20-,24-23-,27-26-,28-25-,34-31-. The normalized spacial score (nSPS) is 13.3. The largest absolute Gasteiger partial charge is 0.462 e. The van der Waals surface area contributed by atoms with Crippen molar-refractivity contribution >= 4 is 17.9 Å². The van der Waals surface area contributed by atoms with Crippen molar-refractivity contribution in [2.24, 2.45) is 0 Å². The van der Waals surface area contributed by atoms with E-state index in [-0.39, 0.29) is 38.0 Å². The highest BCUT2D eigenvalue weighted by molar-refractivity contribution is 5.71. The molecule has 0 saturated heterocycles. The average molecular weight is 759 g/mol. The summed E-state index contributed by atoms with van der Waals surface area (Å²) in [5, 5.41) is 0. The first-order chi connectivity index (χ1) is 27.0. The molecule has 6 nitrogen and oxygen atoms in total. The molecule has 0 amide bonds. The molecule has 0 aromatic heterocycles. The minimum atomic E-state index is -0.831. The van der Waals surface area contributed by atoms with Crippen molar-refractivity contribution in [2.75, 3.05) is 13.2 Å². The lowest BCUT2D eigenvalue weighted by Gasteiger charge is -2.18. The summed E-state index contributed by atoms with van der Waals surface area (Å²) in [5.74, 6) is -1.06. The van der Waals surface area contributed by atoms with E-state index >= 15 is 0 Å². The first-order valence-electron chi connectivity index (χ1n) is 21.2. The second-order valence-electron chi connectivity index (χ2n) is 13.4. The third-order valence-corrected chi connectivity index (χ3v) is 8.22. The van der Waals surface area contributed by atoms with Crippen molar-refractivity contribution in [1.82, 2.24) is 0 Å². The Kier molecular flexibility index (Phi) is 39.3. The smallest absolute Gasteiger partial charge is 0.306 e. The van der Waals surface area contributed by atoms with Crippen LogP contribution in [0.1, 0.15) is 149 Å². The van der Waals surface area contributed by atoms with Crippen LogP contribution in [0.2, 0.25) is 0 Å². The van der Waals surface area contributed by atoms with Gasteiger partial charge in [0.1, 0.15) is 13.2 Å². The van der Waals surface area contributed by atoms with Crippen LogP contribution in [0.25, 0.3) is 0 Å². The van der Waals surface area contributed by atoms with E-state index in [4.69, 9.17) is 14.2 Å². The Morgan fingerprint density at radius 1 is 0.382 bits per heavy atom. The monoisotopic (exact) mass is 759 g/mol. The van der Waals surface area contributed by atoms with Crippen molar-refractivity contribution in [1.29, 1.82) is 0 Å². The van der Waals surface area contributed by atoms with E-state index in [0.29, 0.717) is 12.8 Å². The molecule has 0 spiro atoms. The molecule has 306 valence electrons. The number of carbonyl (C=O) groups excluding carboxylic acids is 3. The van der Waals surface area contributed by atoms with Gasteiger partial charge in [0.05, 0.1) is 0 Å². The lowest BCUT2D eigenvalue weighted by Crippen LogP contribution is -2.30. The summed E-state index contributed by atoms with van der Waals surface area (Å²) in [4.78, 5) is 37.6. The van der Waals surface area contributed by atoms with Gasteiger partial charge in [-0.1, -0.05) is 200 Å². The number of esters is 3. The topological polar surface area (TPSA) is 78.9 Å². The molecular weight excluding hydrogens is 685 g/mol. The first-order valence-corrected chi connectivity index (χ1v) is 21.2. The number of unbranched alkanes of at least 4 members (excludes halogenated alkanes) is 12. The van der Waals surface area contributed by atoms with Crippen molar-refractivity contribution < 1.29 is 28.6 Å². The van der Waals surface area contributed by atoms with Crippen molar-refractivity contribution in [3.05, 3.63) is 122 Å². The maximum Gasteiger partial charge on any atom is 0.306 e. The fraction of sp³-hybridized carbons (Fsp3) is 0.531. The minimum absolute atomic E-state index is 0.124. The van der Waals surface area contributed by atoms with Gasteiger partial charge in [0, 0.05) is 19.3 Å². The third-order valence-electron chi connectivity index (χ3n) is 8.22. The number of rotatable bonds is 35. The van der Waals surface area contributed by atoms with Gasteiger partial charge < -0.3 is 14.2 Å². The van der Waals surface area contributed by atoms with E-state index in [1.807, 2.05) is 103 Å². The van der Waals surface area contributed by atoms with E-state index in [0.717, 1.165) is 64.2 Å². The van der Waals surface area contributed by atoms with E-state index in [9.17, 15) is 14.4 Å². The number of ether oxygens (including phenoxy) is 3. The lowest BCUT2D eigenvalue weighted by atomic mass is 10.1. The van der Waals surface area contributed by atoms with Gasteiger partial charge in [-0.2, -0.15) is 0 Å². The van der Waals surface area contributed by atoms with Crippen molar-refractivity contribution in [3.8, 4) is 0 Å². The summed E-state index contributed by atoms with van der Waals surface area (Å²) in [6.45, 7) is 6.18. The van der Waals surface area contributed by atoms with Gasteiger partial charge in [-0.3, -0.25) is 14.4 Å². The van der Waals surface area contributed by atoms with E-state index in [1.54, 1.807) is 0 Å². The summed E-state index contributed by atoms with van der Waals surface area (Å²) in [5.41, 5.74) is 0. The number of allylic oxidation sites excluding steroid dienone is 20. The Balaban J connectivity index is 4.61. The van der Waals surface area contributed by atoms with Crippen molar-refractivity contribution in [3.63, 3.8) is 0 Å². The SMILES string of the molecule is CC\C=C/C=C\C=C/C=C\C=C/CCCCCC(=O)OCC(COC(=O)CCCCCCCCCCC)OC(=O)CCC\C=C/C=C\C=C/C=C\C=C/CC. The Labute approximate surface area is 335 Å². The highest BCUT2D eigenvalue weighted by Crippen LogP contribution is 2.12. The molecule has 6 heteroatoms. The molecule has 1 atom stereocenters. The highest BCUT2D eigenvalue weighted by atomic mass is 16.6. The van der Waals surface area contributed by atoms with E-state index in [1.165, 1.54) is 38.5 Å². The van der Waals surface area contributed by atoms with Crippen LogP contribution >= 0.6 is 0 Å². The van der Waals surface area contributed by atoms with Crippen LogP contribution < -0.4 is 0 Å². The molecule has 55 heavy (non-hydrogen) atoms. The summed E-state index contributed by atoms with van der Waals surface area (Å²) >= 11 is 0. The quantitative estimate of drug-likeness (QED) is 0.0277. The fourth-order valence-corrected chi connectivity index (χ4v) is 5.08. The molecule has 0 aromatic carbocycles. The maximum absolute atomic E-state index is 12.6. The van der Waals surface area contributed by atoms with Gasteiger partial charge in [-0.15, -0.1) is 0 Å². The van der Waals surface area contributed by atoms with Gasteiger partial charge in [0.2, 0.25) is 0 Å². The predicted octanol–water partition coefficient (Wildman–Crippen LogP) is 13.4. The molecule has 0 aliphatic rings. The summed E-state index contributed by atoms with van der Waals surface area (Å²) in [6.07, 6.45) is 57.6. The van der Waals surface area contributed by atoms with Crippen LogP contribution in [-0.2, 0) is 28.6 Å². The van der Waals surface area contributed by atoms with E-state index in [2.05, 4.69) is 39.0 Å². The summed E-state index contributed by atoms with van der Waals surface area (Å²) < 4.78 is 16.5. The van der Waals surface area contributed by atoms with E-state index < -0.39 is 12.1 Å². The molecular formula is C49H74O6. The van der Waals surface area contributed by atoms with Gasteiger partial charge >= 0.3 is 17.9 Å². The summed E-state index contributed by atoms with van der Waals surface area (Å²) in [6, 6.07) is 0. The average Bonchev–Trinajstić information content (AvgIpc) is 3.18. The van der Waals surface area contributed by atoms with Crippen molar-refractivity contribution in [2.45, 2.75) is 155 Å². The Morgan fingerprint density at radius 2 is 0.727 bits per heavy atom. The second kappa shape index (κ2) is 42.6. The van der Waals surface area contributed by atoms with Gasteiger partial charge in [0.25, 0.3) is 0 Å². The fourth-order valence-electron chi connectivity index (χ4n) is 5.08. The number of hydrogen-bond donors (Lipinski definition) is 0. The molecule has 0 aliphatic carbocycles. The zero-order valence-electron chi connectivity index (χ0n) is 34.6. The molecule has 0 saturated carbocycles. The Morgan fingerprint density at radius 3 is 1.16 bits per heavy atom.